The molecule has 0 heterocycles. The molecule has 0 amide bonds. The number of aliphatic hydroxyl groups is 3. The first kappa shape index (κ1) is 19.3. The third kappa shape index (κ3) is 2.22. The summed E-state index contributed by atoms with van der Waals surface area (Å²) in [4.78, 5) is 24.4. The zero-order valence-electron chi connectivity index (χ0n) is 16.5. The lowest BCUT2D eigenvalue weighted by molar-refractivity contribution is -0.189. The van der Waals surface area contributed by atoms with E-state index in [0.717, 1.165) is 25.7 Å². The fraction of sp³-hybridized carbons (Fsp3) is 0.818. The van der Waals surface area contributed by atoms with Gasteiger partial charge < -0.3 is 15.3 Å². The van der Waals surface area contributed by atoms with Gasteiger partial charge in [0, 0.05) is 23.9 Å². The zero-order valence-corrected chi connectivity index (χ0v) is 16.5. The summed E-state index contributed by atoms with van der Waals surface area (Å²) >= 11 is 0. The molecular formula is C22H32O5. The summed E-state index contributed by atoms with van der Waals surface area (Å²) in [6.45, 7) is 3.66. The number of carbonyl (C=O) groups excluding carboxylic acids is 2. The lowest BCUT2D eigenvalue weighted by atomic mass is 9.40. The number of Topliss-reactive ketones (excluding diaryl/α,β-unsaturated/α-hetero) is 1. The van der Waals surface area contributed by atoms with E-state index in [-0.39, 0.29) is 35.1 Å². The fourth-order valence-corrected chi connectivity index (χ4v) is 7.81. The summed E-state index contributed by atoms with van der Waals surface area (Å²) in [7, 11) is 0. The Hall–Kier alpha value is -1.04. The second kappa shape index (κ2) is 5.98. The van der Waals surface area contributed by atoms with Crippen LogP contribution in [0.15, 0.2) is 11.6 Å². The van der Waals surface area contributed by atoms with Crippen molar-refractivity contribution in [1.29, 1.82) is 0 Å². The molecule has 6 atom stereocenters. The first-order chi connectivity index (χ1) is 12.7. The number of rotatable bonds is 3. The van der Waals surface area contributed by atoms with Gasteiger partial charge in [-0.1, -0.05) is 19.4 Å². The maximum absolute atomic E-state index is 12.5. The molecule has 0 aromatic heterocycles. The fourth-order valence-electron chi connectivity index (χ4n) is 7.81. The van der Waals surface area contributed by atoms with Gasteiger partial charge in [-0.3, -0.25) is 9.59 Å². The van der Waals surface area contributed by atoms with E-state index in [1.807, 2.05) is 13.0 Å². The highest BCUT2D eigenvalue weighted by molar-refractivity contribution is 5.91. The largest absolute Gasteiger partial charge is 0.396 e. The van der Waals surface area contributed by atoms with Crippen molar-refractivity contribution in [2.75, 3.05) is 13.2 Å². The van der Waals surface area contributed by atoms with Crippen molar-refractivity contribution in [1.82, 2.24) is 0 Å². The number of aliphatic hydroxyl groups excluding tert-OH is 2. The van der Waals surface area contributed by atoms with Crippen LogP contribution in [0, 0.1) is 28.1 Å². The normalized spacial score (nSPS) is 49.1. The van der Waals surface area contributed by atoms with E-state index < -0.39 is 23.4 Å². The molecule has 3 N–H and O–H groups in total. The number of ketones is 2. The van der Waals surface area contributed by atoms with Crippen LogP contribution >= 0.6 is 0 Å². The van der Waals surface area contributed by atoms with Crippen LogP contribution in [0.1, 0.15) is 65.2 Å². The molecule has 4 rings (SSSR count). The summed E-state index contributed by atoms with van der Waals surface area (Å²) in [5.41, 5.74) is -1.30. The Balaban J connectivity index is 1.78. The van der Waals surface area contributed by atoms with Gasteiger partial charge in [0.05, 0.1) is 0 Å². The highest BCUT2D eigenvalue weighted by Crippen LogP contribution is 2.72. The minimum atomic E-state index is -1.50. The van der Waals surface area contributed by atoms with E-state index in [2.05, 4.69) is 6.92 Å². The maximum Gasteiger partial charge on any atom is 0.190 e. The molecule has 0 saturated heterocycles. The Kier molecular flexibility index (Phi) is 4.27. The van der Waals surface area contributed by atoms with E-state index >= 15 is 0 Å². The molecule has 5 heteroatoms. The van der Waals surface area contributed by atoms with Crippen molar-refractivity contribution >= 4 is 11.6 Å². The molecule has 0 aliphatic heterocycles. The summed E-state index contributed by atoms with van der Waals surface area (Å²) < 4.78 is 0. The third-order valence-corrected chi connectivity index (χ3v) is 9.34. The first-order valence-electron chi connectivity index (χ1n) is 10.4. The number of allylic oxidation sites excluding steroid dienone is 1. The average molecular weight is 376 g/mol. The number of hydrogen-bond acceptors (Lipinski definition) is 5. The molecule has 0 bridgehead atoms. The molecule has 0 aromatic carbocycles. The van der Waals surface area contributed by atoms with Gasteiger partial charge in [-0.15, -0.1) is 0 Å². The molecule has 2 unspecified atom stereocenters. The quantitative estimate of drug-likeness (QED) is 0.702. The Morgan fingerprint density at radius 2 is 1.78 bits per heavy atom. The van der Waals surface area contributed by atoms with Gasteiger partial charge >= 0.3 is 0 Å². The van der Waals surface area contributed by atoms with Crippen LogP contribution < -0.4 is 0 Å². The van der Waals surface area contributed by atoms with Gasteiger partial charge in [0.25, 0.3) is 0 Å². The smallest absolute Gasteiger partial charge is 0.190 e. The average Bonchev–Trinajstić information content (AvgIpc) is 2.94. The van der Waals surface area contributed by atoms with Gasteiger partial charge in [-0.05, 0) is 68.3 Å². The Morgan fingerprint density at radius 1 is 1.07 bits per heavy atom. The van der Waals surface area contributed by atoms with Gasteiger partial charge in [0.2, 0.25) is 0 Å². The molecule has 4 aliphatic rings. The van der Waals surface area contributed by atoms with Crippen LogP contribution in [0.4, 0.5) is 0 Å². The van der Waals surface area contributed by atoms with Gasteiger partial charge in [0.1, 0.15) is 12.2 Å². The monoisotopic (exact) mass is 376 g/mol. The molecule has 5 nitrogen and oxygen atoms in total. The van der Waals surface area contributed by atoms with Crippen molar-refractivity contribution in [3.8, 4) is 0 Å². The van der Waals surface area contributed by atoms with Crippen molar-refractivity contribution in [2.45, 2.75) is 70.8 Å². The summed E-state index contributed by atoms with van der Waals surface area (Å²) in [6, 6.07) is 0. The predicted octanol–water partition coefficient (Wildman–Crippen LogP) is 2.17. The van der Waals surface area contributed by atoms with Crippen LogP contribution in [-0.4, -0.2) is 45.7 Å². The molecule has 3 fully saturated rings. The SMILES string of the molecule is C[C@]12CCC(=O)C=C1CC[C@]1(CO)C2CC[C@@]2(C)C1CC[C@]2(O)C(=O)CO. The van der Waals surface area contributed by atoms with Gasteiger partial charge in [0.15, 0.2) is 11.6 Å². The van der Waals surface area contributed by atoms with Crippen LogP contribution in [0.3, 0.4) is 0 Å². The number of carbonyl (C=O) groups is 2. The number of hydrogen-bond donors (Lipinski definition) is 3. The molecule has 150 valence electrons. The molecule has 0 aromatic rings. The predicted molar refractivity (Wildman–Crippen MR) is 99.8 cm³/mol. The van der Waals surface area contributed by atoms with Crippen LogP contribution in [-0.2, 0) is 9.59 Å². The van der Waals surface area contributed by atoms with E-state index in [4.69, 9.17) is 0 Å². The van der Waals surface area contributed by atoms with Crippen molar-refractivity contribution in [3.05, 3.63) is 11.6 Å². The maximum atomic E-state index is 12.5. The topological polar surface area (TPSA) is 94.8 Å². The van der Waals surface area contributed by atoms with Gasteiger partial charge in [-0.2, -0.15) is 0 Å². The zero-order chi connectivity index (χ0) is 19.7. The molecule has 0 radical (unpaired) electrons. The Bertz CT molecular complexity index is 713. The van der Waals surface area contributed by atoms with Crippen molar-refractivity contribution in [3.63, 3.8) is 0 Å². The highest BCUT2D eigenvalue weighted by Gasteiger charge is 2.70. The number of fused-ring (bicyclic) bond motifs is 5. The Morgan fingerprint density at radius 3 is 2.44 bits per heavy atom. The van der Waals surface area contributed by atoms with Crippen LogP contribution in [0.5, 0.6) is 0 Å². The van der Waals surface area contributed by atoms with Crippen LogP contribution in [0.2, 0.25) is 0 Å². The lowest BCUT2D eigenvalue weighted by Gasteiger charge is -2.64. The molecular weight excluding hydrogens is 344 g/mol. The first-order valence-corrected chi connectivity index (χ1v) is 10.4. The standard InChI is InChI=1S/C22H32O5/c1-19-7-4-15(25)11-14(19)3-9-21(13-24)16(19)5-8-20(2)17(21)6-10-22(20,27)18(26)12-23/h11,16-17,23-24,27H,3-10,12-13H2,1-2H3/t16?,17?,19-,20-,21-,22-/m0/s1. The molecule has 27 heavy (non-hydrogen) atoms. The van der Waals surface area contributed by atoms with E-state index in [9.17, 15) is 24.9 Å². The van der Waals surface area contributed by atoms with E-state index in [1.54, 1.807) is 0 Å². The summed E-state index contributed by atoms with van der Waals surface area (Å²) in [5.74, 6) is 0.0336. The van der Waals surface area contributed by atoms with E-state index in [0.29, 0.717) is 25.7 Å². The minimum absolute atomic E-state index is 0.0465. The summed E-state index contributed by atoms with van der Waals surface area (Å²) in [6.07, 6.45) is 7.44. The third-order valence-electron chi connectivity index (χ3n) is 9.34. The Labute approximate surface area is 160 Å². The van der Waals surface area contributed by atoms with Crippen molar-refractivity contribution in [2.24, 2.45) is 28.1 Å². The van der Waals surface area contributed by atoms with Crippen molar-refractivity contribution < 1.29 is 24.9 Å². The minimum Gasteiger partial charge on any atom is -0.396 e. The highest BCUT2D eigenvalue weighted by atomic mass is 16.3. The molecule has 4 aliphatic carbocycles. The second-order valence-electron chi connectivity index (χ2n) is 9.99. The van der Waals surface area contributed by atoms with Crippen LogP contribution in [0.25, 0.3) is 0 Å². The van der Waals surface area contributed by atoms with Gasteiger partial charge in [-0.25, -0.2) is 0 Å². The molecule has 3 saturated carbocycles. The summed E-state index contributed by atoms with van der Waals surface area (Å²) in [5, 5.41) is 31.4. The van der Waals surface area contributed by atoms with E-state index in [1.165, 1.54) is 5.57 Å². The lowest BCUT2D eigenvalue weighted by Crippen LogP contribution is -2.63. The molecule has 0 spiro atoms. The second-order valence-corrected chi connectivity index (χ2v) is 9.99.